The molecule has 0 saturated carbocycles. The van der Waals surface area contributed by atoms with E-state index < -0.39 is 0 Å². The fourth-order valence-electron chi connectivity index (χ4n) is 5.23. The van der Waals surface area contributed by atoms with Crippen LogP contribution in [0.4, 0.5) is 0 Å². The van der Waals surface area contributed by atoms with Gasteiger partial charge >= 0.3 is 0 Å². The number of carbonyl (C=O) groups is 1. The number of amides is 1. The molecule has 1 aliphatic rings. The lowest BCUT2D eigenvalue weighted by Gasteiger charge is -2.32. The topological polar surface area (TPSA) is 52.2 Å². The van der Waals surface area contributed by atoms with Crippen LogP contribution in [0.15, 0.2) is 30.3 Å². The summed E-state index contributed by atoms with van der Waals surface area (Å²) in [6.07, 6.45) is 2.69. The van der Waals surface area contributed by atoms with Gasteiger partial charge in [-0.1, -0.05) is 19.9 Å². The van der Waals surface area contributed by atoms with Gasteiger partial charge in [-0.25, -0.2) is 0 Å². The predicted molar refractivity (Wildman–Crippen MR) is 137 cm³/mol. The summed E-state index contributed by atoms with van der Waals surface area (Å²) >= 11 is 0. The number of piperidine rings is 1. The fraction of sp³-hybridized carbons (Fsp3) is 0.500. The third kappa shape index (κ3) is 5.14. The number of H-pyrrole nitrogens is 1. The van der Waals surface area contributed by atoms with Crippen LogP contribution in [0.25, 0.3) is 22.2 Å². The number of hydrogen-bond donors (Lipinski definition) is 1. The van der Waals surface area contributed by atoms with Crippen molar-refractivity contribution in [3.05, 3.63) is 52.8 Å². The minimum absolute atomic E-state index is 0.290. The minimum Gasteiger partial charge on any atom is -0.354 e. The van der Waals surface area contributed by atoms with Gasteiger partial charge in [-0.15, -0.1) is 0 Å². The molecule has 1 aromatic carbocycles. The van der Waals surface area contributed by atoms with Gasteiger partial charge in [0.05, 0.1) is 5.69 Å². The molecule has 4 rings (SSSR count). The molecule has 33 heavy (non-hydrogen) atoms. The molecule has 3 aromatic rings. The Kier molecular flexibility index (Phi) is 6.89. The highest BCUT2D eigenvalue weighted by Gasteiger charge is 2.25. The molecule has 1 saturated heterocycles. The van der Waals surface area contributed by atoms with Gasteiger partial charge < -0.3 is 14.8 Å². The second kappa shape index (κ2) is 9.68. The number of aryl methyl sites for hydroxylation is 2. The summed E-state index contributed by atoms with van der Waals surface area (Å²) in [5.41, 5.74) is 8.50. The Balaban J connectivity index is 1.59. The molecule has 0 unspecified atom stereocenters. The predicted octanol–water partition coefficient (Wildman–Crippen LogP) is 5.63. The maximum absolute atomic E-state index is 12.5. The van der Waals surface area contributed by atoms with Crippen molar-refractivity contribution >= 4 is 16.8 Å². The van der Waals surface area contributed by atoms with Gasteiger partial charge in [0, 0.05) is 53.9 Å². The van der Waals surface area contributed by atoms with Gasteiger partial charge in [0.25, 0.3) is 0 Å². The first-order valence-corrected chi connectivity index (χ1v) is 12.3. The molecule has 1 amide bonds. The smallest absolute Gasteiger partial charge is 0.223 e. The van der Waals surface area contributed by atoms with E-state index in [1.165, 1.54) is 33.3 Å². The zero-order chi connectivity index (χ0) is 23.7. The van der Waals surface area contributed by atoms with E-state index in [9.17, 15) is 4.79 Å². The van der Waals surface area contributed by atoms with Crippen molar-refractivity contribution in [3.8, 4) is 11.3 Å². The highest BCUT2D eigenvalue weighted by atomic mass is 16.2. The largest absolute Gasteiger partial charge is 0.354 e. The molecule has 1 aliphatic heterocycles. The van der Waals surface area contributed by atoms with Crippen molar-refractivity contribution < 1.29 is 4.79 Å². The summed E-state index contributed by atoms with van der Waals surface area (Å²) in [7, 11) is 4.04. The zero-order valence-electron chi connectivity index (χ0n) is 21.0. The Labute approximate surface area is 198 Å². The van der Waals surface area contributed by atoms with Crippen molar-refractivity contribution in [1.29, 1.82) is 0 Å². The second-order valence-corrected chi connectivity index (χ2v) is 10.2. The number of hydrogen-bond acceptors (Lipinski definition) is 3. The Bertz CT molecular complexity index is 1120. The van der Waals surface area contributed by atoms with E-state index in [2.05, 4.69) is 77.8 Å². The number of nitrogens with one attached hydrogen (secondary N) is 1. The molecule has 0 spiro atoms. The summed E-state index contributed by atoms with van der Waals surface area (Å²) in [4.78, 5) is 24.9. The summed E-state index contributed by atoms with van der Waals surface area (Å²) in [5.74, 6) is 1.21. The molecule has 0 bridgehead atoms. The first kappa shape index (κ1) is 23.5. The number of rotatable bonds is 6. The van der Waals surface area contributed by atoms with Crippen LogP contribution in [-0.4, -0.2) is 59.4 Å². The Morgan fingerprint density at radius 2 is 1.79 bits per heavy atom. The highest BCUT2D eigenvalue weighted by Crippen LogP contribution is 2.38. The third-order valence-electron chi connectivity index (χ3n) is 6.90. The monoisotopic (exact) mass is 446 g/mol. The van der Waals surface area contributed by atoms with E-state index in [0.717, 1.165) is 43.9 Å². The number of fused-ring (bicyclic) bond motifs is 1. The SMILES string of the molecule is Cc1cc(-c2[nH]c3ccc(C4CCN(C(=O)CCN(C)C)CC4)cc3c2C(C)C)cc(C)n1. The van der Waals surface area contributed by atoms with E-state index in [-0.39, 0.29) is 5.91 Å². The van der Waals surface area contributed by atoms with E-state index in [0.29, 0.717) is 18.3 Å². The molecule has 0 aliphatic carbocycles. The molecule has 0 atom stereocenters. The Morgan fingerprint density at radius 1 is 1.12 bits per heavy atom. The quantitative estimate of drug-likeness (QED) is 0.534. The lowest BCUT2D eigenvalue weighted by molar-refractivity contribution is -0.132. The number of aromatic amines is 1. The molecule has 3 heterocycles. The maximum atomic E-state index is 12.5. The molecule has 1 fully saturated rings. The zero-order valence-corrected chi connectivity index (χ0v) is 21.0. The van der Waals surface area contributed by atoms with Gasteiger partial charge in [0.15, 0.2) is 0 Å². The first-order valence-electron chi connectivity index (χ1n) is 12.3. The summed E-state index contributed by atoms with van der Waals surface area (Å²) in [6.45, 7) is 11.2. The maximum Gasteiger partial charge on any atom is 0.223 e. The third-order valence-corrected chi connectivity index (χ3v) is 6.90. The number of benzene rings is 1. The van der Waals surface area contributed by atoms with Crippen LogP contribution in [-0.2, 0) is 4.79 Å². The molecule has 2 aromatic heterocycles. The first-order chi connectivity index (χ1) is 15.7. The molecule has 5 nitrogen and oxygen atoms in total. The average molecular weight is 447 g/mol. The van der Waals surface area contributed by atoms with Crippen LogP contribution < -0.4 is 0 Å². The van der Waals surface area contributed by atoms with Crippen LogP contribution in [0.1, 0.15) is 67.5 Å². The van der Waals surface area contributed by atoms with E-state index in [1.807, 2.05) is 14.1 Å². The van der Waals surface area contributed by atoms with Crippen molar-refractivity contribution in [3.63, 3.8) is 0 Å². The molecule has 1 N–H and O–H groups in total. The van der Waals surface area contributed by atoms with Crippen molar-refractivity contribution in [2.45, 2.75) is 58.8 Å². The van der Waals surface area contributed by atoms with Gasteiger partial charge in [0.1, 0.15) is 0 Å². The van der Waals surface area contributed by atoms with Crippen LogP contribution in [0.3, 0.4) is 0 Å². The van der Waals surface area contributed by atoms with Crippen LogP contribution in [0, 0.1) is 13.8 Å². The molecular weight excluding hydrogens is 408 g/mol. The minimum atomic E-state index is 0.290. The summed E-state index contributed by atoms with van der Waals surface area (Å²) < 4.78 is 0. The second-order valence-electron chi connectivity index (χ2n) is 10.2. The molecule has 176 valence electrons. The van der Waals surface area contributed by atoms with Crippen molar-refractivity contribution in [2.24, 2.45) is 0 Å². The van der Waals surface area contributed by atoms with E-state index in [4.69, 9.17) is 0 Å². The van der Waals surface area contributed by atoms with Gasteiger partial charge in [0.2, 0.25) is 5.91 Å². The number of aromatic nitrogens is 2. The fourth-order valence-corrected chi connectivity index (χ4v) is 5.23. The lowest BCUT2D eigenvalue weighted by Crippen LogP contribution is -2.39. The normalized spacial score (nSPS) is 15.2. The number of carbonyl (C=O) groups excluding carboxylic acids is 1. The average Bonchev–Trinajstić information content (AvgIpc) is 3.16. The number of pyridine rings is 1. The number of nitrogens with zero attached hydrogens (tertiary/aromatic N) is 3. The van der Waals surface area contributed by atoms with E-state index >= 15 is 0 Å². The van der Waals surface area contributed by atoms with Crippen LogP contribution in [0.2, 0.25) is 0 Å². The lowest BCUT2D eigenvalue weighted by atomic mass is 9.87. The highest BCUT2D eigenvalue weighted by molar-refractivity contribution is 5.92. The van der Waals surface area contributed by atoms with Gasteiger partial charge in [-0.3, -0.25) is 9.78 Å². The van der Waals surface area contributed by atoms with Crippen LogP contribution in [0.5, 0.6) is 0 Å². The molecule has 0 radical (unpaired) electrons. The Morgan fingerprint density at radius 3 is 2.39 bits per heavy atom. The molecular formula is C28H38N4O. The summed E-state index contributed by atoms with van der Waals surface area (Å²) in [6, 6.07) is 11.3. The number of likely N-dealkylation sites (tertiary alicyclic amines) is 1. The Hall–Kier alpha value is -2.66. The van der Waals surface area contributed by atoms with E-state index in [1.54, 1.807) is 0 Å². The van der Waals surface area contributed by atoms with Crippen molar-refractivity contribution in [1.82, 2.24) is 19.8 Å². The van der Waals surface area contributed by atoms with Gasteiger partial charge in [-0.2, -0.15) is 0 Å². The van der Waals surface area contributed by atoms with Crippen molar-refractivity contribution in [2.75, 3.05) is 33.7 Å². The summed E-state index contributed by atoms with van der Waals surface area (Å²) in [5, 5.41) is 1.33. The van der Waals surface area contributed by atoms with Crippen LogP contribution >= 0.6 is 0 Å². The van der Waals surface area contributed by atoms with Gasteiger partial charge in [-0.05, 0) is 88.0 Å². The molecule has 5 heteroatoms. The standard InChI is InChI=1S/C28H38N4O/c1-18(2)27-24-17-22(21-9-13-32(14-10-21)26(33)11-12-31(5)6)7-8-25(24)30-28(27)23-15-19(3)29-20(4)16-23/h7-8,15-18,21,30H,9-14H2,1-6H3.